The average molecular weight is 274 g/mol. The predicted molar refractivity (Wildman–Crippen MR) is 70.8 cm³/mol. The number of nitrogens with zero attached hydrogens (tertiary/aromatic N) is 1. The molecule has 0 amide bonds. The molecule has 1 aromatic heterocycles. The molecule has 104 valence electrons. The molecule has 1 aromatic rings. The summed E-state index contributed by atoms with van der Waals surface area (Å²) in [5.74, 6) is 0. The minimum absolute atomic E-state index is 0.102. The highest BCUT2D eigenvalue weighted by molar-refractivity contribution is 7.89. The molecular weight excluding hydrogens is 252 g/mol. The maximum Gasteiger partial charge on any atom is 0.242 e. The third kappa shape index (κ3) is 3.34. The summed E-state index contributed by atoms with van der Waals surface area (Å²) in [5.41, 5.74) is 0.606. The van der Waals surface area contributed by atoms with E-state index in [0.29, 0.717) is 5.69 Å². The van der Waals surface area contributed by atoms with Crippen molar-refractivity contribution >= 4 is 10.0 Å². The summed E-state index contributed by atoms with van der Waals surface area (Å²) >= 11 is 0. The third-order valence-electron chi connectivity index (χ3n) is 2.90. The number of aromatic nitrogens is 1. The first-order valence-corrected chi connectivity index (χ1v) is 7.64. The van der Waals surface area contributed by atoms with Gasteiger partial charge in [-0.1, -0.05) is 6.92 Å². The van der Waals surface area contributed by atoms with E-state index < -0.39 is 10.0 Å². The topological polar surface area (TPSA) is 71.3 Å². The number of nitrogens with one attached hydrogen (secondary N) is 1. The van der Waals surface area contributed by atoms with Gasteiger partial charge in [-0.15, -0.1) is 0 Å². The average Bonchev–Trinajstić information content (AvgIpc) is 2.73. The van der Waals surface area contributed by atoms with Crippen molar-refractivity contribution in [3.63, 3.8) is 0 Å². The smallest absolute Gasteiger partial charge is 0.242 e. The predicted octanol–water partition coefficient (Wildman–Crippen LogP) is 1.64. The summed E-state index contributed by atoms with van der Waals surface area (Å²) in [5, 5.41) is 9.24. The summed E-state index contributed by atoms with van der Waals surface area (Å²) in [6.45, 7) is 7.46. The van der Waals surface area contributed by atoms with E-state index in [1.807, 2.05) is 27.7 Å². The van der Waals surface area contributed by atoms with E-state index in [1.165, 1.54) is 6.07 Å². The second kappa shape index (κ2) is 5.86. The third-order valence-corrected chi connectivity index (χ3v) is 4.46. The Morgan fingerprint density at radius 1 is 1.39 bits per heavy atom. The molecule has 0 aliphatic heterocycles. The molecule has 1 unspecified atom stereocenters. The zero-order valence-corrected chi connectivity index (χ0v) is 12.2. The van der Waals surface area contributed by atoms with Gasteiger partial charge in [0, 0.05) is 24.0 Å². The standard InChI is InChI=1S/C12H22N2O3S/c1-5-10(4)13-18(16,17)12-6-11(8-15)14(7-12)9(2)3/h6-7,9-10,13,15H,5,8H2,1-4H3. The fraction of sp³-hybridized carbons (Fsp3) is 0.667. The molecule has 1 atom stereocenters. The quantitative estimate of drug-likeness (QED) is 0.828. The molecule has 1 rings (SSSR count). The Kier molecular flexibility index (Phi) is 4.95. The van der Waals surface area contributed by atoms with Gasteiger partial charge in [0.15, 0.2) is 0 Å². The lowest BCUT2D eigenvalue weighted by atomic mass is 10.3. The number of sulfonamides is 1. The number of rotatable bonds is 6. The maximum absolute atomic E-state index is 12.1. The van der Waals surface area contributed by atoms with Crippen molar-refractivity contribution < 1.29 is 13.5 Å². The normalized spacial score (nSPS) is 14.1. The van der Waals surface area contributed by atoms with Crippen LogP contribution in [-0.4, -0.2) is 24.1 Å². The van der Waals surface area contributed by atoms with Crippen LogP contribution in [0.2, 0.25) is 0 Å². The highest BCUT2D eigenvalue weighted by Crippen LogP contribution is 2.19. The Morgan fingerprint density at radius 2 is 2.00 bits per heavy atom. The zero-order valence-electron chi connectivity index (χ0n) is 11.3. The van der Waals surface area contributed by atoms with E-state index in [0.717, 1.165) is 6.42 Å². The van der Waals surface area contributed by atoms with Crippen molar-refractivity contribution in [2.45, 2.75) is 57.7 Å². The van der Waals surface area contributed by atoms with Crippen LogP contribution in [0.4, 0.5) is 0 Å². The van der Waals surface area contributed by atoms with E-state index in [-0.39, 0.29) is 23.6 Å². The number of hydrogen-bond donors (Lipinski definition) is 2. The van der Waals surface area contributed by atoms with Crippen LogP contribution in [0.25, 0.3) is 0 Å². The number of aliphatic hydroxyl groups is 1. The Balaban J connectivity index is 3.10. The molecule has 1 heterocycles. The molecule has 0 aliphatic carbocycles. The van der Waals surface area contributed by atoms with Crippen LogP contribution >= 0.6 is 0 Å². The molecule has 18 heavy (non-hydrogen) atoms. The highest BCUT2D eigenvalue weighted by Gasteiger charge is 2.20. The van der Waals surface area contributed by atoms with E-state index in [9.17, 15) is 13.5 Å². The molecule has 0 aromatic carbocycles. The molecule has 0 bridgehead atoms. The van der Waals surface area contributed by atoms with Crippen LogP contribution in [0.3, 0.4) is 0 Å². The zero-order chi connectivity index (χ0) is 13.9. The Bertz CT molecular complexity index is 491. The molecular formula is C12H22N2O3S. The van der Waals surface area contributed by atoms with Crippen molar-refractivity contribution in [1.29, 1.82) is 0 Å². The highest BCUT2D eigenvalue weighted by atomic mass is 32.2. The van der Waals surface area contributed by atoms with Gasteiger partial charge in [-0.05, 0) is 33.3 Å². The van der Waals surface area contributed by atoms with Gasteiger partial charge < -0.3 is 9.67 Å². The van der Waals surface area contributed by atoms with Gasteiger partial charge in [-0.25, -0.2) is 13.1 Å². The first-order valence-electron chi connectivity index (χ1n) is 6.15. The van der Waals surface area contributed by atoms with Gasteiger partial charge in [-0.3, -0.25) is 0 Å². The number of aliphatic hydroxyl groups excluding tert-OH is 1. The summed E-state index contributed by atoms with van der Waals surface area (Å²) in [6.07, 6.45) is 2.30. The van der Waals surface area contributed by atoms with Crippen molar-refractivity contribution in [2.24, 2.45) is 0 Å². The van der Waals surface area contributed by atoms with Gasteiger partial charge in [0.05, 0.1) is 11.5 Å². The van der Waals surface area contributed by atoms with Crippen LogP contribution in [0.1, 0.15) is 45.9 Å². The minimum atomic E-state index is -3.50. The molecule has 0 fully saturated rings. The number of hydrogen-bond acceptors (Lipinski definition) is 3. The molecule has 0 aliphatic rings. The monoisotopic (exact) mass is 274 g/mol. The van der Waals surface area contributed by atoms with Crippen LogP contribution in [0.5, 0.6) is 0 Å². The molecule has 0 saturated carbocycles. The van der Waals surface area contributed by atoms with Crippen molar-refractivity contribution in [3.05, 3.63) is 18.0 Å². The summed E-state index contributed by atoms with van der Waals surface area (Å²) in [7, 11) is -3.50. The Labute approximate surface area is 109 Å². The molecule has 6 heteroatoms. The van der Waals surface area contributed by atoms with Crippen LogP contribution in [0, 0.1) is 0 Å². The van der Waals surface area contributed by atoms with Gasteiger partial charge >= 0.3 is 0 Å². The molecule has 0 radical (unpaired) electrons. The van der Waals surface area contributed by atoms with Crippen LogP contribution in [-0.2, 0) is 16.6 Å². The lowest BCUT2D eigenvalue weighted by Gasteiger charge is -2.11. The van der Waals surface area contributed by atoms with Crippen molar-refractivity contribution in [2.75, 3.05) is 0 Å². The van der Waals surface area contributed by atoms with Gasteiger partial charge in [0.1, 0.15) is 0 Å². The van der Waals surface area contributed by atoms with Gasteiger partial charge in [-0.2, -0.15) is 0 Å². The Hall–Kier alpha value is -0.850. The second-order valence-corrected chi connectivity index (χ2v) is 6.47. The van der Waals surface area contributed by atoms with Crippen LogP contribution in [0.15, 0.2) is 17.2 Å². The van der Waals surface area contributed by atoms with Crippen LogP contribution < -0.4 is 4.72 Å². The first-order chi connectivity index (χ1) is 8.31. The van der Waals surface area contributed by atoms with Gasteiger partial charge in [0.2, 0.25) is 10.0 Å². The lowest BCUT2D eigenvalue weighted by Crippen LogP contribution is -2.31. The maximum atomic E-state index is 12.1. The lowest BCUT2D eigenvalue weighted by molar-refractivity contribution is 0.268. The minimum Gasteiger partial charge on any atom is -0.390 e. The van der Waals surface area contributed by atoms with Crippen molar-refractivity contribution in [3.8, 4) is 0 Å². The summed E-state index contributed by atoms with van der Waals surface area (Å²) < 4.78 is 28.6. The second-order valence-electron chi connectivity index (χ2n) is 4.76. The molecule has 0 saturated heterocycles. The fourth-order valence-electron chi connectivity index (χ4n) is 1.67. The molecule has 0 spiro atoms. The molecule has 2 N–H and O–H groups in total. The van der Waals surface area contributed by atoms with E-state index in [4.69, 9.17) is 0 Å². The summed E-state index contributed by atoms with van der Waals surface area (Å²) in [6, 6.07) is 1.53. The van der Waals surface area contributed by atoms with E-state index in [1.54, 1.807) is 10.8 Å². The fourth-order valence-corrected chi connectivity index (χ4v) is 3.04. The Morgan fingerprint density at radius 3 is 2.39 bits per heavy atom. The SMILES string of the molecule is CCC(C)NS(=O)(=O)c1cc(CO)n(C(C)C)c1. The van der Waals surface area contributed by atoms with E-state index >= 15 is 0 Å². The largest absolute Gasteiger partial charge is 0.390 e. The van der Waals surface area contributed by atoms with Crippen molar-refractivity contribution in [1.82, 2.24) is 9.29 Å². The molecule has 5 nitrogen and oxygen atoms in total. The van der Waals surface area contributed by atoms with Gasteiger partial charge in [0.25, 0.3) is 0 Å². The first kappa shape index (κ1) is 15.2. The summed E-state index contributed by atoms with van der Waals surface area (Å²) in [4.78, 5) is 0.209. The van der Waals surface area contributed by atoms with E-state index in [2.05, 4.69) is 4.72 Å².